The van der Waals surface area contributed by atoms with Gasteiger partial charge in [0.25, 0.3) is 17.7 Å². The molecule has 0 fully saturated rings. The van der Waals surface area contributed by atoms with Gasteiger partial charge in [-0.25, -0.2) is 9.88 Å². The fourth-order valence-electron chi connectivity index (χ4n) is 3.70. The van der Waals surface area contributed by atoms with Gasteiger partial charge in [0.15, 0.2) is 5.13 Å². The summed E-state index contributed by atoms with van der Waals surface area (Å²) in [5, 5.41) is 7.77. The largest absolute Gasteiger partial charge is 0.497 e. The maximum absolute atomic E-state index is 13.0. The van der Waals surface area contributed by atoms with E-state index < -0.39 is 11.8 Å². The first-order chi connectivity index (χ1) is 17.9. The van der Waals surface area contributed by atoms with Crippen LogP contribution < -0.4 is 20.3 Å². The van der Waals surface area contributed by atoms with Gasteiger partial charge in [0, 0.05) is 22.2 Å². The Kier molecular flexibility index (Phi) is 6.72. The molecule has 0 saturated heterocycles. The molecule has 0 atom stereocenters. The molecule has 1 aliphatic rings. The van der Waals surface area contributed by atoms with E-state index in [9.17, 15) is 14.4 Å². The van der Waals surface area contributed by atoms with Gasteiger partial charge in [-0.2, -0.15) is 0 Å². The maximum Gasteiger partial charge on any atom is 0.283 e. The minimum atomic E-state index is -0.647. The number of carbonyl (C=O) groups excluding carboxylic acids is 3. The van der Waals surface area contributed by atoms with Crippen molar-refractivity contribution in [1.82, 2.24) is 4.98 Å². The highest BCUT2D eigenvalue weighted by atomic mass is 35.5. The van der Waals surface area contributed by atoms with Gasteiger partial charge in [0.05, 0.1) is 18.5 Å². The van der Waals surface area contributed by atoms with Gasteiger partial charge in [-0.15, -0.1) is 11.3 Å². The van der Waals surface area contributed by atoms with Crippen LogP contribution in [0.2, 0.25) is 0 Å². The van der Waals surface area contributed by atoms with Gasteiger partial charge in [-0.1, -0.05) is 48.0 Å². The van der Waals surface area contributed by atoms with E-state index in [0.717, 1.165) is 16.2 Å². The van der Waals surface area contributed by atoms with Crippen LogP contribution in [0.4, 0.5) is 16.5 Å². The first kappa shape index (κ1) is 24.2. The predicted octanol–water partition coefficient (Wildman–Crippen LogP) is 5.51. The molecule has 184 valence electrons. The van der Waals surface area contributed by atoms with Crippen LogP contribution in [0.1, 0.15) is 10.4 Å². The SMILES string of the molecule is COc1ccc(N2C(=O)C(Cl)=C(Nc3cccc(C(=O)Nc4nc(-c5ccccc5)cs4)c3)C2=O)cc1. The van der Waals surface area contributed by atoms with E-state index in [1.807, 2.05) is 35.7 Å². The smallest absolute Gasteiger partial charge is 0.283 e. The van der Waals surface area contributed by atoms with Crippen LogP contribution in [-0.4, -0.2) is 29.8 Å². The molecule has 0 radical (unpaired) electrons. The number of anilines is 3. The van der Waals surface area contributed by atoms with E-state index in [0.29, 0.717) is 27.8 Å². The Morgan fingerprint density at radius 1 is 0.973 bits per heavy atom. The van der Waals surface area contributed by atoms with Crippen molar-refractivity contribution in [3.8, 4) is 17.0 Å². The van der Waals surface area contributed by atoms with Gasteiger partial charge in [0.2, 0.25) is 0 Å². The first-order valence-corrected chi connectivity index (χ1v) is 12.3. The molecule has 0 unspecified atom stereocenters. The third-order valence-corrected chi connectivity index (χ3v) is 6.65. The third kappa shape index (κ3) is 4.95. The van der Waals surface area contributed by atoms with E-state index >= 15 is 0 Å². The van der Waals surface area contributed by atoms with Crippen molar-refractivity contribution in [2.24, 2.45) is 0 Å². The molecule has 10 heteroatoms. The molecule has 0 spiro atoms. The molecule has 2 heterocycles. The second-order valence-corrected chi connectivity index (χ2v) is 9.13. The lowest BCUT2D eigenvalue weighted by Gasteiger charge is -2.15. The van der Waals surface area contributed by atoms with Gasteiger partial charge >= 0.3 is 0 Å². The standard InChI is InChI=1S/C27H19ClN4O4S/c1-36-20-12-10-19(11-13-20)32-25(34)22(28)23(26(32)35)29-18-9-5-8-17(14-18)24(33)31-27-30-21(15-37-27)16-6-3-2-4-7-16/h2-15,29H,1H3,(H,30,31,33). The van der Waals surface area contributed by atoms with Crippen molar-refractivity contribution < 1.29 is 19.1 Å². The normalized spacial score (nSPS) is 13.2. The minimum absolute atomic E-state index is 0.0764. The van der Waals surface area contributed by atoms with Gasteiger partial charge in [0.1, 0.15) is 16.5 Å². The number of halogens is 1. The van der Waals surface area contributed by atoms with Crippen molar-refractivity contribution in [2.75, 3.05) is 22.6 Å². The molecule has 0 bridgehead atoms. The number of rotatable bonds is 7. The van der Waals surface area contributed by atoms with Crippen LogP contribution in [0.3, 0.4) is 0 Å². The van der Waals surface area contributed by atoms with E-state index in [1.54, 1.807) is 48.5 Å². The Hall–Kier alpha value is -4.47. The predicted molar refractivity (Wildman–Crippen MR) is 144 cm³/mol. The van der Waals surface area contributed by atoms with Crippen LogP contribution in [0, 0.1) is 0 Å². The van der Waals surface area contributed by atoms with Gasteiger partial charge < -0.3 is 10.1 Å². The zero-order chi connectivity index (χ0) is 25.9. The fourth-order valence-corrected chi connectivity index (χ4v) is 4.63. The zero-order valence-electron chi connectivity index (χ0n) is 19.4. The van der Waals surface area contributed by atoms with Crippen LogP contribution >= 0.6 is 22.9 Å². The number of methoxy groups -OCH3 is 1. The van der Waals surface area contributed by atoms with Crippen molar-refractivity contribution in [3.63, 3.8) is 0 Å². The number of hydrogen-bond acceptors (Lipinski definition) is 7. The summed E-state index contributed by atoms with van der Waals surface area (Å²) >= 11 is 7.55. The molecule has 0 saturated carbocycles. The minimum Gasteiger partial charge on any atom is -0.497 e. The van der Waals surface area contributed by atoms with Crippen LogP contribution in [0.25, 0.3) is 11.3 Å². The van der Waals surface area contributed by atoms with Gasteiger partial charge in [-0.3, -0.25) is 19.7 Å². The topological polar surface area (TPSA) is 101 Å². The molecular weight excluding hydrogens is 512 g/mol. The molecular formula is C27H19ClN4O4S. The number of hydrogen-bond donors (Lipinski definition) is 2. The number of benzene rings is 3. The highest BCUT2D eigenvalue weighted by Gasteiger charge is 2.39. The van der Waals surface area contributed by atoms with Gasteiger partial charge in [-0.05, 0) is 42.5 Å². The lowest BCUT2D eigenvalue weighted by Crippen LogP contribution is -2.32. The number of aromatic nitrogens is 1. The van der Waals surface area contributed by atoms with E-state index in [2.05, 4.69) is 15.6 Å². The quantitative estimate of drug-likeness (QED) is 0.306. The summed E-state index contributed by atoms with van der Waals surface area (Å²) in [6, 6.07) is 22.6. The molecule has 5 rings (SSSR count). The average molecular weight is 531 g/mol. The Morgan fingerprint density at radius 2 is 1.73 bits per heavy atom. The Balaban J connectivity index is 1.30. The summed E-state index contributed by atoms with van der Waals surface area (Å²) in [4.78, 5) is 44.1. The Morgan fingerprint density at radius 3 is 2.46 bits per heavy atom. The summed E-state index contributed by atoms with van der Waals surface area (Å²) in [6.45, 7) is 0. The summed E-state index contributed by atoms with van der Waals surface area (Å²) in [6.07, 6.45) is 0. The number of nitrogens with one attached hydrogen (secondary N) is 2. The van der Waals surface area contributed by atoms with Crippen LogP contribution in [-0.2, 0) is 9.59 Å². The van der Waals surface area contributed by atoms with Crippen molar-refractivity contribution in [2.45, 2.75) is 0 Å². The summed E-state index contributed by atoms with van der Waals surface area (Å²) in [7, 11) is 1.52. The number of ether oxygens (including phenoxy) is 1. The average Bonchev–Trinajstić information content (AvgIpc) is 3.48. The molecule has 4 aromatic rings. The van der Waals surface area contributed by atoms with E-state index in [-0.39, 0.29) is 16.6 Å². The molecule has 37 heavy (non-hydrogen) atoms. The number of nitrogens with zero attached hydrogens (tertiary/aromatic N) is 2. The van der Waals surface area contributed by atoms with E-state index in [1.165, 1.54) is 18.4 Å². The highest BCUT2D eigenvalue weighted by molar-refractivity contribution is 7.14. The lowest BCUT2D eigenvalue weighted by atomic mass is 10.2. The maximum atomic E-state index is 13.0. The van der Waals surface area contributed by atoms with Crippen molar-refractivity contribution in [1.29, 1.82) is 0 Å². The van der Waals surface area contributed by atoms with Crippen molar-refractivity contribution >= 4 is 57.2 Å². The van der Waals surface area contributed by atoms with Crippen molar-refractivity contribution in [3.05, 3.63) is 101 Å². The Bertz CT molecular complexity index is 1530. The molecule has 1 aromatic heterocycles. The number of imide groups is 1. The second-order valence-electron chi connectivity index (χ2n) is 7.90. The molecule has 3 aromatic carbocycles. The molecule has 0 aliphatic carbocycles. The number of amides is 3. The summed E-state index contributed by atoms with van der Waals surface area (Å²) < 4.78 is 5.12. The fraction of sp³-hybridized carbons (Fsp3) is 0.0370. The first-order valence-electron chi connectivity index (χ1n) is 11.1. The second kappa shape index (κ2) is 10.3. The molecule has 3 amide bonds. The summed E-state index contributed by atoms with van der Waals surface area (Å²) in [5.74, 6) is -1.03. The zero-order valence-corrected chi connectivity index (χ0v) is 21.0. The molecule has 8 nitrogen and oxygen atoms in total. The number of carbonyl (C=O) groups is 3. The summed E-state index contributed by atoms with van der Waals surface area (Å²) in [5.41, 5.74) is 2.76. The third-order valence-electron chi connectivity index (χ3n) is 5.55. The monoisotopic (exact) mass is 530 g/mol. The highest BCUT2D eigenvalue weighted by Crippen LogP contribution is 2.31. The molecule has 1 aliphatic heterocycles. The van der Waals surface area contributed by atoms with E-state index in [4.69, 9.17) is 16.3 Å². The lowest BCUT2D eigenvalue weighted by molar-refractivity contribution is -0.120. The number of thiazole rings is 1. The van der Waals surface area contributed by atoms with Crippen LogP contribution in [0.15, 0.2) is 95.0 Å². The van der Waals surface area contributed by atoms with Crippen LogP contribution in [0.5, 0.6) is 5.75 Å². The Labute approximate surface area is 221 Å². The molecule has 2 N–H and O–H groups in total.